The normalized spacial score (nSPS) is 7.27. The van der Waals surface area contributed by atoms with Gasteiger partial charge in [-0.3, -0.25) is 0 Å². The number of rotatable bonds is 2. The zero-order chi connectivity index (χ0) is 6.53. The summed E-state index contributed by atoms with van der Waals surface area (Å²) in [6, 6.07) is 11.0. The van der Waals surface area contributed by atoms with Gasteiger partial charge in [0.15, 0.2) is 0 Å². The summed E-state index contributed by atoms with van der Waals surface area (Å²) in [6.07, 6.45) is 2.80. The third-order valence-corrected chi connectivity index (χ3v) is 1.14. The molecule has 0 unspecified atom stereocenters. The summed E-state index contributed by atoms with van der Waals surface area (Å²) in [5.74, 6) is 0. The average Bonchev–Trinajstić information content (AvgIpc) is 1.91. The molecular formula is C9H9BrMg. The maximum atomic E-state index is 3.64. The monoisotopic (exact) mass is 220 g/mol. The van der Waals surface area contributed by atoms with Gasteiger partial charge >= 0.3 is 23.1 Å². The fourth-order valence-corrected chi connectivity index (χ4v) is 0.713. The number of benzene rings is 1. The first-order chi connectivity index (χ1) is 4.43. The summed E-state index contributed by atoms with van der Waals surface area (Å²) >= 11 is 0. The minimum atomic E-state index is 0. The SMILES string of the molecule is C=CCc1[c-]cccc1.[Br-].[Mg+2]. The van der Waals surface area contributed by atoms with Crippen molar-refractivity contribution in [2.24, 2.45) is 0 Å². The van der Waals surface area contributed by atoms with Crippen LogP contribution in [0.2, 0.25) is 0 Å². The topological polar surface area (TPSA) is 0 Å². The van der Waals surface area contributed by atoms with Crippen molar-refractivity contribution < 1.29 is 17.0 Å². The predicted octanol–water partition coefficient (Wildman–Crippen LogP) is -1.16. The summed E-state index contributed by atoms with van der Waals surface area (Å²) < 4.78 is 0. The molecule has 1 aromatic rings. The van der Waals surface area contributed by atoms with Crippen LogP contribution in [-0.4, -0.2) is 23.1 Å². The van der Waals surface area contributed by atoms with E-state index < -0.39 is 0 Å². The zero-order valence-corrected chi connectivity index (χ0v) is 9.39. The molecule has 0 saturated heterocycles. The van der Waals surface area contributed by atoms with Gasteiger partial charge in [-0.25, -0.2) is 0 Å². The second kappa shape index (κ2) is 8.30. The van der Waals surface area contributed by atoms with Crippen LogP contribution in [0, 0.1) is 6.07 Å². The minimum Gasteiger partial charge on any atom is -1.00 e. The molecule has 0 amide bonds. The van der Waals surface area contributed by atoms with Crippen LogP contribution in [0.3, 0.4) is 0 Å². The van der Waals surface area contributed by atoms with Crippen LogP contribution in [0.25, 0.3) is 0 Å². The molecule has 0 radical (unpaired) electrons. The maximum Gasteiger partial charge on any atom is 2.00 e. The van der Waals surface area contributed by atoms with Gasteiger partial charge in [0.25, 0.3) is 0 Å². The molecule has 54 valence electrons. The molecule has 11 heavy (non-hydrogen) atoms. The number of hydrogen-bond donors (Lipinski definition) is 0. The van der Waals surface area contributed by atoms with E-state index in [1.807, 2.05) is 30.3 Å². The second-order valence-electron chi connectivity index (χ2n) is 1.88. The van der Waals surface area contributed by atoms with E-state index in [2.05, 4.69) is 12.6 Å². The van der Waals surface area contributed by atoms with Crippen molar-refractivity contribution in [2.45, 2.75) is 6.42 Å². The van der Waals surface area contributed by atoms with Gasteiger partial charge in [0, 0.05) is 0 Å². The van der Waals surface area contributed by atoms with Gasteiger partial charge in [-0.15, -0.1) is 6.58 Å². The molecule has 2 heteroatoms. The molecule has 0 aliphatic heterocycles. The van der Waals surface area contributed by atoms with Crippen LogP contribution in [0.15, 0.2) is 36.9 Å². The molecule has 1 aromatic carbocycles. The molecule has 0 aromatic heterocycles. The first-order valence-corrected chi connectivity index (χ1v) is 3.00. The van der Waals surface area contributed by atoms with Crippen LogP contribution >= 0.6 is 0 Å². The summed E-state index contributed by atoms with van der Waals surface area (Å²) in [7, 11) is 0. The van der Waals surface area contributed by atoms with Gasteiger partial charge < -0.3 is 17.0 Å². The summed E-state index contributed by atoms with van der Waals surface area (Å²) in [4.78, 5) is 0. The second-order valence-corrected chi connectivity index (χ2v) is 1.88. The quantitative estimate of drug-likeness (QED) is 0.336. The van der Waals surface area contributed by atoms with Crippen molar-refractivity contribution in [2.75, 3.05) is 0 Å². The molecule has 1 rings (SSSR count). The summed E-state index contributed by atoms with van der Waals surface area (Å²) in [5, 5.41) is 0. The largest absolute Gasteiger partial charge is 2.00 e. The Bertz CT molecular complexity index is 184. The van der Waals surface area contributed by atoms with Gasteiger partial charge in [0.05, 0.1) is 0 Å². The van der Waals surface area contributed by atoms with E-state index in [0.29, 0.717) is 0 Å². The first kappa shape index (κ1) is 13.8. The van der Waals surface area contributed by atoms with E-state index in [1.54, 1.807) is 0 Å². The van der Waals surface area contributed by atoms with Crippen molar-refractivity contribution in [1.29, 1.82) is 0 Å². The van der Waals surface area contributed by atoms with Crippen LogP contribution in [0.1, 0.15) is 5.56 Å². The van der Waals surface area contributed by atoms with Crippen LogP contribution in [-0.2, 0) is 6.42 Å². The molecule has 0 saturated carbocycles. The van der Waals surface area contributed by atoms with E-state index in [4.69, 9.17) is 0 Å². The Kier molecular flexibility index (Phi) is 10.4. The Morgan fingerprint density at radius 2 is 2.18 bits per heavy atom. The predicted molar refractivity (Wildman–Crippen MR) is 44.9 cm³/mol. The van der Waals surface area contributed by atoms with Gasteiger partial charge in [-0.2, -0.15) is 35.9 Å². The fourth-order valence-electron chi connectivity index (χ4n) is 0.713. The number of hydrogen-bond acceptors (Lipinski definition) is 0. The van der Waals surface area contributed by atoms with Crippen molar-refractivity contribution in [3.63, 3.8) is 0 Å². The first-order valence-electron chi connectivity index (χ1n) is 3.00. The molecule has 0 atom stereocenters. The van der Waals surface area contributed by atoms with Crippen LogP contribution < -0.4 is 17.0 Å². The molecule has 0 aliphatic carbocycles. The minimum absolute atomic E-state index is 0. The van der Waals surface area contributed by atoms with E-state index in [1.165, 1.54) is 5.56 Å². The molecular weight excluding hydrogens is 212 g/mol. The van der Waals surface area contributed by atoms with Gasteiger partial charge in [0.2, 0.25) is 0 Å². The van der Waals surface area contributed by atoms with Crippen molar-refractivity contribution in [1.82, 2.24) is 0 Å². The molecule has 0 heterocycles. The molecule has 0 N–H and O–H groups in total. The standard InChI is InChI=1S/C9H9.BrH.Mg/c1-2-6-9-7-4-3-5-8-9;;/h2-5,7H,1,6H2;1H;/q-1;;+2/p-1. The van der Waals surface area contributed by atoms with E-state index in [-0.39, 0.29) is 40.0 Å². The third kappa shape index (κ3) is 5.47. The van der Waals surface area contributed by atoms with E-state index >= 15 is 0 Å². The Balaban J connectivity index is 0. The Morgan fingerprint density at radius 3 is 2.64 bits per heavy atom. The third-order valence-electron chi connectivity index (χ3n) is 1.14. The van der Waals surface area contributed by atoms with Gasteiger partial charge in [0.1, 0.15) is 0 Å². The van der Waals surface area contributed by atoms with E-state index in [0.717, 1.165) is 6.42 Å². The zero-order valence-electron chi connectivity index (χ0n) is 6.39. The Labute approximate surface area is 94.6 Å². The smallest absolute Gasteiger partial charge is 1.00 e. The van der Waals surface area contributed by atoms with Crippen molar-refractivity contribution in [3.8, 4) is 0 Å². The Morgan fingerprint density at radius 1 is 1.45 bits per heavy atom. The van der Waals surface area contributed by atoms with E-state index in [9.17, 15) is 0 Å². The summed E-state index contributed by atoms with van der Waals surface area (Å²) in [5.41, 5.74) is 1.20. The van der Waals surface area contributed by atoms with Crippen LogP contribution in [0.5, 0.6) is 0 Å². The van der Waals surface area contributed by atoms with Crippen molar-refractivity contribution in [3.05, 3.63) is 48.6 Å². The average molecular weight is 221 g/mol. The molecule has 0 aliphatic rings. The molecule has 0 fully saturated rings. The molecule has 0 spiro atoms. The summed E-state index contributed by atoms with van der Waals surface area (Å²) in [6.45, 7) is 3.64. The molecule has 0 nitrogen and oxygen atoms in total. The van der Waals surface area contributed by atoms with Gasteiger partial charge in [-0.05, 0) is 6.42 Å². The molecule has 0 bridgehead atoms. The Hall–Kier alpha value is 0.206. The number of halogens is 1. The van der Waals surface area contributed by atoms with Crippen molar-refractivity contribution >= 4 is 23.1 Å². The fraction of sp³-hybridized carbons (Fsp3) is 0.111. The maximum absolute atomic E-state index is 3.64. The van der Waals surface area contributed by atoms with Gasteiger partial charge in [-0.1, -0.05) is 6.08 Å². The number of allylic oxidation sites excluding steroid dienone is 1. The van der Waals surface area contributed by atoms with Crippen LogP contribution in [0.4, 0.5) is 0 Å².